The van der Waals surface area contributed by atoms with Gasteiger partial charge >= 0.3 is 10.2 Å². The molecule has 0 spiro atoms. The zero-order valence-corrected chi connectivity index (χ0v) is 13.0. The molecular weight excluding hydrogens is 318 g/mol. The number of nitrogens with one attached hydrogen (secondary N) is 1. The fraction of sp³-hybridized carbons (Fsp3) is 0.200. The van der Waals surface area contributed by atoms with Crippen LogP contribution in [0.5, 0.6) is 0 Å². The second-order valence-electron chi connectivity index (χ2n) is 5.23. The van der Waals surface area contributed by atoms with Crippen LogP contribution in [0.15, 0.2) is 48.5 Å². The third-order valence-corrected chi connectivity index (χ3v) is 5.24. The second kappa shape index (κ2) is 5.98. The van der Waals surface area contributed by atoms with Crippen molar-refractivity contribution in [2.24, 2.45) is 0 Å². The molecule has 1 N–H and O–H groups in total. The number of rotatable bonds is 4. The van der Waals surface area contributed by atoms with Gasteiger partial charge in [-0.25, -0.2) is 0 Å². The highest BCUT2D eigenvalue weighted by Crippen LogP contribution is 2.27. The third kappa shape index (κ3) is 3.17. The summed E-state index contributed by atoms with van der Waals surface area (Å²) in [4.78, 5) is 10.4. The standard InChI is InChI=1S/C15H15N3O4S/c19-18(20)15-8-4-3-7-14(15)16-23(21,22)17-10-9-12-5-1-2-6-13(12)11-17/h1-8,16H,9-11H2. The summed E-state index contributed by atoms with van der Waals surface area (Å²) in [6, 6.07) is 13.4. The van der Waals surface area contributed by atoms with Crippen LogP contribution >= 0.6 is 0 Å². The predicted octanol–water partition coefficient (Wildman–Crippen LogP) is 2.31. The molecule has 120 valence electrons. The summed E-state index contributed by atoms with van der Waals surface area (Å²) >= 11 is 0. The third-order valence-electron chi connectivity index (χ3n) is 3.78. The van der Waals surface area contributed by atoms with Crippen molar-refractivity contribution in [3.63, 3.8) is 0 Å². The maximum atomic E-state index is 12.5. The van der Waals surface area contributed by atoms with Crippen LogP contribution < -0.4 is 4.72 Å². The van der Waals surface area contributed by atoms with Gasteiger partial charge in [-0.2, -0.15) is 12.7 Å². The molecule has 0 amide bonds. The Morgan fingerprint density at radius 1 is 1.04 bits per heavy atom. The van der Waals surface area contributed by atoms with Crippen LogP contribution in [0.25, 0.3) is 0 Å². The van der Waals surface area contributed by atoms with E-state index >= 15 is 0 Å². The Morgan fingerprint density at radius 2 is 1.70 bits per heavy atom. The first kappa shape index (κ1) is 15.4. The fourth-order valence-electron chi connectivity index (χ4n) is 2.60. The van der Waals surface area contributed by atoms with E-state index in [9.17, 15) is 18.5 Å². The van der Waals surface area contributed by atoms with Crippen LogP contribution in [-0.2, 0) is 23.2 Å². The van der Waals surface area contributed by atoms with Crippen LogP contribution in [0.2, 0.25) is 0 Å². The summed E-state index contributed by atoms with van der Waals surface area (Å²) in [5.41, 5.74) is 1.78. The summed E-state index contributed by atoms with van der Waals surface area (Å²) < 4.78 is 28.7. The molecule has 0 bridgehead atoms. The van der Waals surface area contributed by atoms with Gasteiger partial charge in [-0.3, -0.25) is 14.8 Å². The van der Waals surface area contributed by atoms with Crippen LogP contribution in [0.3, 0.4) is 0 Å². The van der Waals surface area contributed by atoms with Crippen molar-refractivity contribution in [2.75, 3.05) is 11.3 Å². The lowest BCUT2D eigenvalue weighted by Crippen LogP contribution is -2.39. The van der Waals surface area contributed by atoms with Gasteiger partial charge in [0.25, 0.3) is 5.69 Å². The maximum absolute atomic E-state index is 12.5. The largest absolute Gasteiger partial charge is 0.302 e. The highest BCUT2D eigenvalue weighted by Gasteiger charge is 2.28. The van der Waals surface area contributed by atoms with E-state index in [-0.39, 0.29) is 17.9 Å². The minimum absolute atomic E-state index is 0.0311. The van der Waals surface area contributed by atoms with Crippen LogP contribution in [0.1, 0.15) is 11.1 Å². The van der Waals surface area contributed by atoms with Gasteiger partial charge in [0, 0.05) is 19.2 Å². The van der Waals surface area contributed by atoms with E-state index in [0.717, 1.165) is 11.1 Å². The average Bonchev–Trinajstić information content (AvgIpc) is 2.54. The van der Waals surface area contributed by atoms with Crippen molar-refractivity contribution >= 4 is 21.6 Å². The number of nitro groups is 1. The molecule has 3 rings (SSSR count). The molecule has 1 heterocycles. The molecule has 7 nitrogen and oxygen atoms in total. The SMILES string of the molecule is O=[N+]([O-])c1ccccc1NS(=O)(=O)N1CCc2ccccc2C1. The molecule has 1 aliphatic heterocycles. The molecule has 0 aromatic heterocycles. The first-order valence-corrected chi connectivity index (χ1v) is 8.49. The lowest BCUT2D eigenvalue weighted by Gasteiger charge is -2.28. The lowest BCUT2D eigenvalue weighted by molar-refractivity contribution is -0.383. The summed E-state index contributed by atoms with van der Waals surface area (Å²) in [5.74, 6) is 0. The average molecular weight is 333 g/mol. The number of nitrogens with zero attached hydrogens (tertiary/aromatic N) is 2. The van der Waals surface area contributed by atoms with Gasteiger partial charge in [0.05, 0.1) is 4.92 Å². The van der Waals surface area contributed by atoms with Crippen molar-refractivity contribution in [3.05, 3.63) is 69.8 Å². The van der Waals surface area contributed by atoms with E-state index in [1.165, 1.54) is 22.5 Å². The second-order valence-corrected chi connectivity index (χ2v) is 6.90. The smallest absolute Gasteiger partial charge is 0.264 e. The molecule has 2 aromatic carbocycles. The van der Waals surface area contributed by atoms with Gasteiger partial charge in [0.15, 0.2) is 0 Å². The Morgan fingerprint density at radius 3 is 2.43 bits per heavy atom. The molecule has 8 heteroatoms. The summed E-state index contributed by atoms with van der Waals surface area (Å²) in [5, 5.41) is 11.0. The van der Waals surface area contributed by atoms with E-state index in [1.54, 1.807) is 6.07 Å². The summed E-state index contributed by atoms with van der Waals surface area (Å²) in [6.45, 7) is 0.596. The summed E-state index contributed by atoms with van der Waals surface area (Å²) in [6.07, 6.45) is 0.619. The minimum atomic E-state index is -3.86. The molecule has 0 unspecified atom stereocenters. The molecule has 2 aromatic rings. The quantitative estimate of drug-likeness (QED) is 0.686. The molecule has 1 aliphatic rings. The highest BCUT2D eigenvalue weighted by molar-refractivity contribution is 7.90. The fourth-order valence-corrected chi connectivity index (χ4v) is 3.82. The molecule has 0 atom stereocenters. The zero-order chi connectivity index (χ0) is 16.4. The van der Waals surface area contributed by atoms with Crippen molar-refractivity contribution in [1.29, 1.82) is 0 Å². The normalized spacial score (nSPS) is 15.0. The van der Waals surface area contributed by atoms with Crippen LogP contribution in [-0.4, -0.2) is 24.2 Å². The lowest BCUT2D eigenvalue weighted by atomic mass is 10.0. The predicted molar refractivity (Wildman–Crippen MR) is 86.2 cm³/mol. The highest BCUT2D eigenvalue weighted by atomic mass is 32.2. The molecular formula is C15H15N3O4S. The minimum Gasteiger partial charge on any atom is -0.264 e. The van der Waals surface area contributed by atoms with Crippen LogP contribution in [0, 0.1) is 10.1 Å². The first-order chi connectivity index (χ1) is 11.0. The van der Waals surface area contributed by atoms with Crippen molar-refractivity contribution < 1.29 is 13.3 Å². The van der Waals surface area contributed by atoms with Gasteiger partial charge in [-0.05, 0) is 23.6 Å². The van der Waals surface area contributed by atoms with Crippen molar-refractivity contribution in [1.82, 2.24) is 4.31 Å². The first-order valence-electron chi connectivity index (χ1n) is 7.05. The summed E-state index contributed by atoms with van der Waals surface area (Å²) in [7, 11) is -3.86. The topological polar surface area (TPSA) is 92.5 Å². The number of fused-ring (bicyclic) bond motifs is 1. The van der Waals surface area contributed by atoms with E-state index < -0.39 is 15.1 Å². The number of benzene rings is 2. The number of nitro benzene ring substituents is 1. The van der Waals surface area contributed by atoms with E-state index in [4.69, 9.17) is 0 Å². The molecule has 0 aliphatic carbocycles. The van der Waals surface area contributed by atoms with E-state index in [2.05, 4.69) is 4.72 Å². The van der Waals surface area contributed by atoms with Gasteiger partial charge in [0.1, 0.15) is 5.69 Å². The Hall–Kier alpha value is -2.45. The maximum Gasteiger partial charge on any atom is 0.302 e. The van der Waals surface area contributed by atoms with Gasteiger partial charge in [-0.1, -0.05) is 36.4 Å². The Labute approximate surface area is 133 Å². The number of hydrogen-bond acceptors (Lipinski definition) is 4. The molecule has 0 saturated heterocycles. The molecule has 0 saturated carbocycles. The molecule has 23 heavy (non-hydrogen) atoms. The van der Waals surface area contributed by atoms with Gasteiger partial charge in [-0.15, -0.1) is 0 Å². The Kier molecular flexibility index (Phi) is 4.01. The molecule has 0 fully saturated rings. The monoisotopic (exact) mass is 333 g/mol. The van der Waals surface area contributed by atoms with Gasteiger partial charge in [0.2, 0.25) is 0 Å². The number of anilines is 1. The zero-order valence-electron chi connectivity index (χ0n) is 12.2. The van der Waals surface area contributed by atoms with Crippen LogP contribution in [0.4, 0.5) is 11.4 Å². The van der Waals surface area contributed by atoms with Gasteiger partial charge < -0.3 is 0 Å². The molecule has 0 radical (unpaired) electrons. The van der Waals surface area contributed by atoms with E-state index in [0.29, 0.717) is 13.0 Å². The number of para-hydroxylation sites is 2. The van der Waals surface area contributed by atoms with Crippen molar-refractivity contribution in [3.8, 4) is 0 Å². The number of hydrogen-bond donors (Lipinski definition) is 1. The Bertz CT molecular complexity index is 851. The van der Waals surface area contributed by atoms with Crippen molar-refractivity contribution in [2.45, 2.75) is 13.0 Å². The Balaban J connectivity index is 1.85. The van der Waals surface area contributed by atoms with E-state index in [1.807, 2.05) is 24.3 Å².